The van der Waals surface area contributed by atoms with Gasteiger partial charge in [-0.1, -0.05) is 43.5 Å². The molecule has 1 saturated heterocycles. The van der Waals surface area contributed by atoms with Crippen LogP contribution in [-0.4, -0.2) is 30.9 Å². The van der Waals surface area contributed by atoms with Gasteiger partial charge in [0.1, 0.15) is 17.0 Å². The summed E-state index contributed by atoms with van der Waals surface area (Å²) in [5.74, 6) is 1.57. The Balaban J connectivity index is 1.70. The number of methoxy groups -OCH3 is 2. The largest absolute Gasteiger partial charge is 0.493 e. The van der Waals surface area contributed by atoms with Gasteiger partial charge in [0, 0.05) is 4.90 Å². The molecule has 2 fully saturated rings. The highest BCUT2D eigenvalue weighted by molar-refractivity contribution is 8.00. The van der Waals surface area contributed by atoms with Crippen LogP contribution in [0.25, 0.3) is 0 Å². The van der Waals surface area contributed by atoms with Gasteiger partial charge in [-0.3, -0.25) is 4.79 Å². The molecule has 4 rings (SSSR count). The number of carbonyl (C=O) groups excluding carboxylic acids is 1. The SMILES string of the molecule is COc1ccc([C@H]2OC3(CCCCC3)C(=O)C2Sc2ccccc2)cc1OC. The van der Waals surface area contributed by atoms with Crippen LogP contribution in [0.3, 0.4) is 0 Å². The van der Waals surface area contributed by atoms with Crippen molar-refractivity contribution in [1.82, 2.24) is 0 Å². The van der Waals surface area contributed by atoms with E-state index in [4.69, 9.17) is 14.2 Å². The molecule has 1 aliphatic heterocycles. The molecule has 1 aliphatic carbocycles. The molecule has 5 heteroatoms. The highest BCUT2D eigenvalue weighted by atomic mass is 32.2. The van der Waals surface area contributed by atoms with Gasteiger partial charge in [0.15, 0.2) is 17.3 Å². The van der Waals surface area contributed by atoms with Crippen LogP contribution >= 0.6 is 11.8 Å². The summed E-state index contributed by atoms with van der Waals surface area (Å²) < 4.78 is 17.4. The molecular weight excluding hydrogens is 372 g/mol. The van der Waals surface area contributed by atoms with E-state index in [-0.39, 0.29) is 17.1 Å². The van der Waals surface area contributed by atoms with E-state index in [1.807, 2.05) is 36.4 Å². The third-order valence-electron chi connectivity index (χ3n) is 5.74. The number of carbonyl (C=O) groups is 1. The van der Waals surface area contributed by atoms with E-state index in [0.29, 0.717) is 11.5 Å². The van der Waals surface area contributed by atoms with Crippen LogP contribution in [0.5, 0.6) is 11.5 Å². The monoisotopic (exact) mass is 398 g/mol. The first-order chi connectivity index (χ1) is 13.7. The van der Waals surface area contributed by atoms with E-state index in [1.54, 1.807) is 26.0 Å². The first kappa shape index (κ1) is 19.3. The third-order valence-corrected chi connectivity index (χ3v) is 7.00. The maximum Gasteiger partial charge on any atom is 0.180 e. The van der Waals surface area contributed by atoms with Crippen molar-refractivity contribution in [1.29, 1.82) is 0 Å². The normalized spacial score (nSPS) is 23.7. The molecule has 4 nitrogen and oxygen atoms in total. The lowest BCUT2D eigenvalue weighted by Gasteiger charge is -2.31. The first-order valence-electron chi connectivity index (χ1n) is 9.83. The van der Waals surface area contributed by atoms with E-state index in [1.165, 1.54) is 6.42 Å². The summed E-state index contributed by atoms with van der Waals surface area (Å²) in [6, 6.07) is 15.9. The van der Waals surface area contributed by atoms with Crippen molar-refractivity contribution in [2.75, 3.05) is 14.2 Å². The number of Topliss-reactive ketones (excluding diaryl/α,β-unsaturated/α-hetero) is 1. The molecule has 1 spiro atoms. The number of hydrogen-bond donors (Lipinski definition) is 0. The molecule has 2 aromatic carbocycles. The molecular formula is C23H26O4S. The van der Waals surface area contributed by atoms with Crippen molar-refractivity contribution in [3.63, 3.8) is 0 Å². The number of hydrogen-bond acceptors (Lipinski definition) is 5. The van der Waals surface area contributed by atoms with Gasteiger partial charge in [-0.25, -0.2) is 0 Å². The fourth-order valence-corrected chi connectivity index (χ4v) is 5.55. The van der Waals surface area contributed by atoms with Gasteiger partial charge in [0.2, 0.25) is 0 Å². The molecule has 2 atom stereocenters. The summed E-state index contributed by atoms with van der Waals surface area (Å²) in [6.07, 6.45) is 4.62. The molecule has 28 heavy (non-hydrogen) atoms. The Hall–Kier alpha value is -1.98. The zero-order valence-corrected chi connectivity index (χ0v) is 17.2. The quantitative estimate of drug-likeness (QED) is 0.692. The smallest absolute Gasteiger partial charge is 0.180 e. The lowest BCUT2D eigenvalue weighted by atomic mass is 9.82. The Bertz CT molecular complexity index is 830. The van der Waals surface area contributed by atoms with Gasteiger partial charge in [0.25, 0.3) is 0 Å². The van der Waals surface area contributed by atoms with Crippen LogP contribution in [0.4, 0.5) is 0 Å². The molecule has 1 heterocycles. The molecule has 2 aromatic rings. The second-order valence-electron chi connectivity index (χ2n) is 7.42. The molecule has 0 N–H and O–H groups in total. The van der Waals surface area contributed by atoms with E-state index >= 15 is 0 Å². The van der Waals surface area contributed by atoms with Crippen molar-refractivity contribution < 1.29 is 19.0 Å². The summed E-state index contributed by atoms with van der Waals surface area (Å²) >= 11 is 1.61. The van der Waals surface area contributed by atoms with Gasteiger partial charge in [0.05, 0.1) is 14.2 Å². The minimum atomic E-state index is -0.636. The maximum absolute atomic E-state index is 13.5. The summed E-state index contributed by atoms with van der Waals surface area (Å²) in [7, 11) is 3.25. The molecule has 0 amide bonds. The molecule has 1 saturated carbocycles. The Morgan fingerprint density at radius 3 is 2.36 bits per heavy atom. The van der Waals surface area contributed by atoms with E-state index in [9.17, 15) is 4.79 Å². The maximum atomic E-state index is 13.5. The van der Waals surface area contributed by atoms with Crippen LogP contribution in [-0.2, 0) is 9.53 Å². The fourth-order valence-electron chi connectivity index (χ4n) is 4.28. The average molecular weight is 399 g/mol. The Morgan fingerprint density at radius 2 is 1.68 bits per heavy atom. The zero-order chi connectivity index (χ0) is 19.6. The van der Waals surface area contributed by atoms with Crippen LogP contribution in [0.1, 0.15) is 43.8 Å². The van der Waals surface area contributed by atoms with Crippen molar-refractivity contribution in [3.05, 3.63) is 54.1 Å². The molecule has 0 radical (unpaired) electrons. The predicted molar refractivity (Wildman–Crippen MR) is 110 cm³/mol. The lowest BCUT2D eigenvalue weighted by molar-refractivity contribution is -0.137. The van der Waals surface area contributed by atoms with Crippen molar-refractivity contribution >= 4 is 17.5 Å². The van der Waals surface area contributed by atoms with Gasteiger partial charge < -0.3 is 14.2 Å². The summed E-state index contributed by atoms with van der Waals surface area (Å²) in [5, 5.41) is -0.265. The number of rotatable bonds is 5. The summed E-state index contributed by atoms with van der Waals surface area (Å²) in [6.45, 7) is 0. The Morgan fingerprint density at radius 1 is 0.964 bits per heavy atom. The molecule has 0 bridgehead atoms. The van der Waals surface area contributed by atoms with E-state index in [0.717, 1.165) is 36.1 Å². The molecule has 2 aliphatic rings. The fraction of sp³-hybridized carbons (Fsp3) is 0.435. The van der Waals surface area contributed by atoms with E-state index < -0.39 is 5.60 Å². The highest BCUT2D eigenvalue weighted by Gasteiger charge is 2.55. The van der Waals surface area contributed by atoms with Gasteiger partial charge in [-0.05, 0) is 42.7 Å². The average Bonchev–Trinajstić information content (AvgIpc) is 3.00. The van der Waals surface area contributed by atoms with E-state index in [2.05, 4.69) is 12.1 Å². The van der Waals surface area contributed by atoms with Crippen LogP contribution in [0.2, 0.25) is 0 Å². The minimum absolute atomic E-state index is 0.237. The number of ketones is 1. The minimum Gasteiger partial charge on any atom is -0.493 e. The predicted octanol–water partition coefficient (Wildman–Crippen LogP) is 5.21. The second-order valence-corrected chi connectivity index (χ2v) is 8.64. The highest BCUT2D eigenvalue weighted by Crippen LogP contribution is 2.51. The number of ether oxygens (including phenoxy) is 3. The third kappa shape index (κ3) is 3.53. The van der Waals surface area contributed by atoms with Gasteiger partial charge in [-0.15, -0.1) is 11.8 Å². The van der Waals surface area contributed by atoms with Crippen LogP contribution in [0, 0.1) is 0 Å². The standard InChI is InChI=1S/C23H26O4S/c1-25-18-12-11-16(15-19(18)26-2)20-21(28-17-9-5-3-6-10-17)22(24)23(27-20)13-7-4-8-14-23/h3,5-6,9-12,15,20-21H,4,7-8,13-14H2,1-2H3/t20-,21?/m1/s1. The van der Waals surface area contributed by atoms with Crippen molar-refractivity contribution in [3.8, 4) is 11.5 Å². The molecule has 1 unspecified atom stereocenters. The van der Waals surface area contributed by atoms with Gasteiger partial charge in [-0.2, -0.15) is 0 Å². The topological polar surface area (TPSA) is 44.8 Å². The van der Waals surface area contributed by atoms with Crippen LogP contribution < -0.4 is 9.47 Å². The summed E-state index contributed by atoms with van der Waals surface area (Å²) in [4.78, 5) is 14.6. The van der Waals surface area contributed by atoms with Crippen molar-refractivity contribution in [2.45, 2.75) is 54.0 Å². The Kier molecular flexibility index (Phi) is 5.65. The van der Waals surface area contributed by atoms with Crippen molar-refractivity contribution in [2.24, 2.45) is 0 Å². The molecule has 148 valence electrons. The second kappa shape index (κ2) is 8.18. The van der Waals surface area contributed by atoms with Gasteiger partial charge >= 0.3 is 0 Å². The lowest BCUT2D eigenvalue weighted by Crippen LogP contribution is -2.40. The summed E-state index contributed by atoms with van der Waals surface area (Å²) in [5.41, 5.74) is 0.324. The molecule has 0 aromatic heterocycles. The van der Waals surface area contributed by atoms with Crippen LogP contribution in [0.15, 0.2) is 53.4 Å². The zero-order valence-electron chi connectivity index (χ0n) is 16.4. The number of thioether (sulfide) groups is 1. The first-order valence-corrected chi connectivity index (χ1v) is 10.7. The number of benzene rings is 2. The Labute approximate surface area is 170 Å².